The summed E-state index contributed by atoms with van der Waals surface area (Å²) < 4.78 is 10.7. The molecule has 2 aromatic rings. The highest BCUT2D eigenvalue weighted by atomic mass is 35.5. The van der Waals surface area contributed by atoms with Crippen molar-refractivity contribution in [2.75, 3.05) is 14.2 Å². The summed E-state index contributed by atoms with van der Waals surface area (Å²) in [5.41, 5.74) is 3.06. The third-order valence-corrected chi connectivity index (χ3v) is 3.60. The van der Waals surface area contributed by atoms with Gasteiger partial charge in [0.2, 0.25) is 0 Å². The lowest BCUT2D eigenvalue weighted by Crippen LogP contribution is -1.94. The molecule has 0 aromatic heterocycles. The van der Waals surface area contributed by atoms with Crippen molar-refractivity contribution in [2.45, 2.75) is 6.92 Å². The number of rotatable bonds is 4. The average Bonchev–Trinajstić information content (AvgIpc) is 2.53. The van der Waals surface area contributed by atoms with E-state index >= 15 is 0 Å². The molecule has 0 heterocycles. The molecule has 2 aromatic carbocycles. The van der Waals surface area contributed by atoms with E-state index in [1.54, 1.807) is 32.4 Å². The molecule has 0 saturated heterocycles. The van der Waals surface area contributed by atoms with E-state index in [-0.39, 0.29) is 0 Å². The standard InChI is InChI=1S/C18H16ClNO2/c1-12-5-4-6-13(9-12)14(11-20)10-15-16(19)7-8-17(21-2)18(15)22-3/h4-10H,1-3H3. The van der Waals surface area contributed by atoms with Crippen molar-refractivity contribution in [3.05, 3.63) is 58.1 Å². The normalized spacial score (nSPS) is 11.0. The summed E-state index contributed by atoms with van der Waals surface area (Å²) in [6, 6.07) is 13.4. The molecule has 3 nitrogen and oxygen atoms in total. The third kappa shape index (κ3) is 3.24. The highest BCUT2D eigenvalue weighted by Crippen LogP contribution is 2.38. The third-order valence-electron chi connectivity index (χ3n) is 3.27. The Morgan fingerprint density at radius 1 is 1.18 bits per heavy atom. The van der Waals surface area contributed by atoms with Gasteiger partial charge in [0.1, 0.15) is 0 Å². The van der Waals surface area contributed by atoms with Gasteiger partial charge in [0.25, 0.3) is 0 Å². The van der Waals surface area contributed by atoms with Crippen LogP contribution in [0.5, 0.6) is 11.5 Å². The van der Waals surface area contributed by atoms with Gasteiger partial charge in [-0.1, -0.05) is 41.4 Å². The van der Waals surface area contributed by atoms with E-state index in [4.69, 9.17) is 21.1 Å². The first kappa shape index (κ1) is 15.9. The van der Waals surface area contributed by atoms with Crippen LogP contribution in [0, 0.1) is 18.3 Å². The molecule has 0 atom stereocenters. The van der Waals surface area contributed by atoms with Crippen molar-refractivity contribution in [1.82, 2.24) is 0 Å². The lowest BCUT2D eigenvalue weighted by molar-refractivity contribution is 0.354. The topological polar surface area (TPSA) is 42.2 Å². The average molecular weight is 314 g/mol. The zero-order valence-corrected chi connectivity index (χ0v) is 13.4. The number of hydrogen-bond acceptors (Lipinski definition) is 3. The first-order chi connectivity index (χ1) is 10.6. The summed E-state index contributed by atoms with van der Waals surface area (Å²) in [5, 5.41) is 9.98. The van der Waals surface area contributed by atoms with Crippen LogP contribution in [-0.4, -0.2) is 14.2 Å². The SMILES string of the molecule is COc1ccc(Cl)c(C=C(C#N)c2cccc(C)c2)c1OC. The van der Waals surface area contributed by atoms with Gasteiger partial charge < -0.3 is 9.47 Å². The van der Waals surface area contributed by atoms with Gasteiger partial charge >= 0.3 is 0 Å². The van der Waals surface area contributed by atoms with Gasteiger partial charge in [-0.05, 0) is 30.7 Å². The minimum atomic E-state index is 0.498. The molecule has 22 heavy (non-hydrogen) atoms. The molecule has 0 unspecified atom stereocenters. The maximum absolute atomic E-state index is 9.48. The second kappa shape index (κ2) is 7.02. The molecule has 0 radical (unpaired) electrons. The molecule has 0 aliphatic rings. The van der Waals surface area contributed by atoms with E-state index in [9.17, 15) is 5.26 Å². The molecule has 0 aliphatic heterocycles. The summed E-state index contributed by atoms with van der Waals surface area (Å²) >= 11 is 6.27. The number of methoxy groups -OCH3 is 2. The molecule has 0 saturated carbocycles. The van der Waals surface area contributed by atoms with E-state index in [1.165, 1.54) is 0 Å². The molecule has 0 spiro atoms. The van der Waals surface area contributed by atoms with Crippen LogP contribution in [0.3, 0.4) is 0 Å². The van der Waals surface area contributed by atoms with Gasteiger partial charge in [-0.15, -0.1) is 0 Å². The van der Waals surface area contributed by atoms with Gasteiger partial charge in [-0.25, -0.2) is 0 Å². The van der Waals surface area contributed by atoms with E-state index < -0.39 is 0 Å². The lowest BCUT2D eigenvalue weighted by atomic mass is 10.0. The Kier molecular flexibility index (Phi) is 5.08. The predicted molar refractivity (Wildman–Crippen MR) is 89.2 cm³/mol. The maximum atomic E-state index is 9.48. The van der Waals surface area contributed by atoms with Crippen molar-refractivity contribution in [3.8, 4) is 17.6 Å². The van der Waals surface area contributed by atoms with Gasteiger partial charge in [0, 0.05) is 5.56 Å². The number of hydrogen-bond donors (Lipinski definition) is 0. The smallest absolute Gasteiger partial charge is 0.169 e. The van der Waals surface area contributed by atoms with Crippen LogP contribution in [-0.2, 0) is 0 Å². The van der Waals surface area contributed by atoms with Crippen LogP contribution in [0.2, 0.25) is 5.02 Å². The molecule has 0 N–H and O–H groups in total. The van der Waals surface area contributed by atoms with Crippen molar-refractivity contribution in [1.29, 1.82) is 5.26 Å². The van der Waals surface area contributed by atoms with E-state index in [0.717, 1.165) is 11.1 Å². The Bertz CT molecular complexity index is 760. The first-order valence-corrected chi connectivity index (χ1v) is 7.07. The van der Waals surface area contributed by atoms with Crippen LogP contribution in [0.4, 0.5) is 0 Å². The molecule has 112 valence electrons. The van der Waals surface area contributed by atoms with Crippen molar-refractivity contribution in [3.63, 3.8) is 0 Å². The lowest BCUT2D eigenvalue weighted by Gasteiger charge is -2.12. The Morgan fingerprint density at radius 2 is 1.95 bits per heavy atom. The highest BCUT2D eigenvalue weighted by Gasteiger charge is 2.13. The highest BCUT2D eigenvalue weighted by molar-refractivity contribution is 6.32. The molecule has 4 heteroatoms. The number of aryl methyl sites for hydroxylation is 1. The largest absolute Gasteiger partial charge is 0.493 e. The van der Waals surface area contributed by atoms with Crippen LogP contribution >= 0.6 is 11.6 Å². The van der Waals surface area contributed by atoms with Gasteiger partial charge in [0.15, 0.2) is 11.5 Å². The monoisotopic (exact) mass is 313 g/mol. The Hall–Kier alpha value is -2.44. The van der Waals surface area contributed by atoms with Crippen LogP contribution in [0.25, 0.3) is 11.6 Å². The van der Waals surface area contributed by atoms with Crippen molar-refractivity contribution >= 4 is 23.3 Å². The maximum Gasteiger partial charge on any atom is 0.169 e. The molecule has 0 aliphatic carbocycles. The number of nitrogens with zero attached hydrogens (tertiary/aromatic N) is 1. The Morgan fingerprint density at radius 3 is 2.55 bits per heavy atom. The van der Waals surface area contributed by atoms with Crippen molar-refractivity contribution < 1.29 is 9.47 Å². The number of allylic oxidation sites excluding steroid dienone is 1. The van der Waals surface area contributed by atoms with Crippen molar-refractivity contribution in [2.24, 2.45) is 0 Å². The fourth-order valence-corrected chi connectivity index (χ4v) is 2.40. The summed E-state index contributed by atoms with van der Waals surface area (Å²) in [6.07, 6.45) is 1.72. The molecular weight excluding hydrogens is 298 g/mol. The first-order valence-electron chi connectivity index (χ1n) is 6.70. The van der Waals surface area contributed by atoms with Gasteiger partial charge in [-0.2, -0.15) is 5.26 Å². The Balaban J connectivity index is 2.62. The summed E-state index contributed by atoms with van der Waals surface area (Å²) in [6.45, 7) is 1.98. The van der Waals surface area contributed by atoms with Gasteiger partial charge in [-0.3, -0.25) is 0 Å². The Labute approximate surface area is 135 Å². The molecule has 0 amide bonds. The molecule has 0 bridgehead atoms. The van der Waals surface area contributed by atoms with E-state index in [0.29, 0.717) is 27.7 Å². The van der Waals surface area contributed by atoms with Crippen LogP contribution in [0.15, 0.2) is 36.4 Å². The van der Waals surface area contributed by atoms with Crippen LogP contribution in [0.1, 0.15) is 16.7 Å². The fraction of sp³-hybridized carbons (Fsp3) is 0.167. The summed E-state index contributed by atoms with van der Waals surface area (Å²) in [5.74, 6) is 1.08. The number of ether oxygens (including phenoxy) is 2. The zero-order valence-electron chi connectivity index (χ0n) is 12.7. The summed E-state index contributed by atoms with van der Waals surface area (Å²) in [4.78, 5) is 0. The van der Waals surface area contributed by atoms with E-state index in [2.05, 4.69) is 6.07 Å². The minimum absolute atomic E-state index is 0.498. The zero-order chi connectivity index (χ0) is 16.1. The van der Waals surface area contributed by atoms with E-state index in [1.807, 2.05) is 31.2 Å². The fourth-order valence-electron chi connectivity index (χ4n) is 2.20. The second-order valence-corrected chi connectivity index (χ2v) is 5.14. The van der Waals surface area contributed by atoms with Crippen LogP contribution < -0.4 is 9.47 Å². The number of benzene rings is 2. The number of nitriles is 1. The summed E-state index contributed by atoms with van der Waals surface area (Å²) in [7, 11) is 3.11. The predicted octanol–water partition coefficient (Wildman–Crippen LogP) is 4.73. The molecular formula is C18H16ClNO2. The second-order valence-electron chi connectivity index (χ2n) is 4.74. The molecule has 2 rings (SSSR count). The van der Waals surface area contributed by atoms with Gasteiger partial charge in [0.05, 0.1) is 30.9 Å². The number of halogens is 1. The molecule has 0 fully saturated rings. The minimum Gasteiger partial charge on any atom is -0.493 e. The quantitative estimate of drug-likeness (QED) is 0.605.